The molecule has 0 aliphatic rings. The molecule has 224 valence electrons. The van der Waals surface area contributed by atoms with Crippen molar-refractivity contribution >= 4 is 28.7 Å². The van der Waals surface area contributed by atoms with Crippen LogP contribution in [0, 0.1) is 0 Å². The highest BCUT2D eigenvalue weighted by molar-refractivity contribution is 5.93. The van der Waals surface area contributed by atoms with Crippen LogP contribution in [0.25, 0.3) is 10.8 Å². The number of hydrogen-bond donors (Lipinski definition) is 1. The highest BCUT2D eigenvalue weighted by Crippen LogP contribution is 2.19. The molecule has 7 heteroatoms. The van der Waals surface area contributed by atoms with E-state index in [1.807, 2.05) is 95.3 Å². The van der Waals surface area contributed by atoms with Crippen molar-refractivity contribution in [3.05, 3.63) is 96.1 Å². The van der Waals surface area contributed by atoms with Crippen LogP contribution in [0.4, 0.5) is 4.79 Å². The van der Waals surface area contributed by atoms with Crippen molar-refractivity contribution in [1.82, 2.24) is 15.1 Å². The van der Waals surface area contributed by atoms with E-state index in [1.165, 1.54) is 11.0 Å². The second-order valence-corrected chi connectivity index (χ2v) is 12.5. The van der Waals surface area contributed by atoms with Crippen LogP contribution in [-0.2, 0) is 27.2 Å². The average Bonchev–Trinajstić information content (AvgIpc) is 2.92. The van der Waals surface area contributed by atoms with Crippen molar-refractivity contribution in [2.45, 2.75) is 71.1 Å². The van der Waals surface area contributed by atoms with Crippen molar-refractivity contribution in [2.75, 3.05) is 20.6 Å². The van der Waals surface area contributed by atoms with E-state index in [0.29, 0.717) is 19.4 Å². The summed E-state index contributed by atoms with van der Waals surface area (Å²) in [4.78, 5) is 42.6. The minimum absolute atomic E-state index is 0.115. The number of carbonyl (C=O) groups excluding carboxylic acids is 3. The molecule has 3 aromatic carbocycles. The van der Waals surface area contributed by atoms with Gasteiger partial charge < -0.3 is 19.9 Å². The first-order valence-electron chi connectivity index (χ1n) is 14.5. The van der Waals surface area contributed by atoms with Gasteiger partial charge in [0.1, 0.15) is 11.6 Å². The number of nitrogens with one attached hydrogen (secondary N) is 1. The lowest BCUT2D eigenvalue weighted by Gasteiger charge is -2.31. The molecule has 0 bridgehead atoms. The average molecular weight is 572 g/mol. The van der Waals surface area contributed by atoms with E-state index in [1.54, 1.807) is 25.1 Å². The second kappa shape index (κ2) is 14.2. The Bertz CT molecular complexity index is 1390. The van der Waals surface area contributed by atoms with Crippen molar-refractivity contribution < 1.29 is 19.1 Å². The molecule has 0 saturated carbocycles. The fourth-order valence-corrected chi connectivity index (χ4v) is 4.64. The summed E-state index contributed by atoms with van der Waals surface area (Å²) in [5, 5.41) is 5.06. The monoisotopic (exact) mass is 571 g/mol. The van der Waals surface area contributed by atoms with Gasteiger partial charge in [-0.3, -0.25) is 9.59 Å². The Kier molecular flexibility index (Phi) is 10.9. The minimum atomic E-state index is -0.683. The first-order valence-corrected chi connectivity index (χ1v) is 14.5. The molecular weight excluding hydrogens is 526 g/mol. The van der Waals surface area contributed by atoms with E-state index in [-0.39, 0.29) is 11.8 Å². The van der Waals surface area contributed by atoms with Gasteiger partial charge in [0.05, 0.1) is 0 Å². The zero-order valence-corrected chi connectivity index (χ0v) is 26.0. The summed E-state index contributed by atoms with van der Waals surface area (Å²) < 4.78 is 5.36. The fourth-order valence-electron chi connectivity index (χ4n) is 4.64. The van der Waals surface area contributed by atoms with Gasteiger partial charge in [-0.15, -0.1) is 0 Å². The van der Waals surface area contributed by atoms with Crippen LogP contribution in [0.5, 0.6) is 0 Å². The number of hydrogen-bond acceptors (Lipinski definition) is 4. The summed E-state index contributed by atoms with van der Waals surface area (Å²) in [6.07, 6.45) is 4.22. The van der Waals surface area contributed by atoms with Gasteiger partial charge in [0.2, 0.25) is 11.8 Å². The van der Waals surface area contributed by atoms with E-state index < -0.39 is 23.3 Å². The molecule has 0 aliphatic carbocycles. The van der Waals surface area contributed by atoms with E-state index in [0.717, 1.165) is 28.3 Å². The van der Waals surface area contributed by atoms with Crippen LogP contribution in [0.15, 0.2) is 84.9 Å². The summed E-state index contributed by atoms with van der Waals surface area (Å²) in [5.74, 6) is -0.395. The highest BCUT2D eigenvalue weighted by atomic mass is 16.6. The number of carbonyl (C=O) groups is 3. The summed E-state index contributed by atoms with van der Waals surface area (Å²) in [5.41, 5.74) is 0.901. The summed E-state index contributed by atoms with van der Waals surface area (Å²) in [6.45, 7) is 9.69. The zero-order valence-electron chi connectivity index (χ0n) is 26.0. The maximum absolute atomic E-state index is 13.8. The largest absolute Gasteiger partial charge is 0.444 e. The Labute approximate surface area is 250 Å². The molecule has 0 aliphatic heterocycles. The van der Waals surface area contributed by atoms with Crippen LogP contribution in [-0.4, -0.2) is 65.5 Å². The van der Waals surface area contributed by atoms with Crippen molar-refractivity contribution in [1.29, 1.82) is 0 Å². The van der Waals surface area contributed by atoms with Gasteiger partial charge in [-0.25, -0.2) is 4.79 Å². The van der Waals surface area contributed by atoms with E-state index in [4.69, 9.17) is 4.74 Å². The first kappa shape index (κ1) is 32.4. The Morgan fingerprint density at radius 1 is 0.857 bits per heavy atom. The van der Waals surface area contributed by atoms with E-state index in [2.05, 4.69) is 17.4 Å². The van der Waals surface area contributed by atoms with Crippen LogP contribution >= 0.6 is 0 Å². The standard InChI is InChI=1S/C35H45N3O4/c1-34(2,3)42-33(41)36-35(4,5)22-13-18-31(39)38(7)30(25-27-19-20-28-16-11-12-17-29(28)24-27)32(40)37(6)23-21-26-14-9-8-10-15-26/h8-20,24,30H,21-23,25H2,1-7H3,(H,36,41)/t30-/m1/s1. The van der Waals surface area contributed by atoms with Crippen LogP contribution in [0.2, 0.25) is 0 Å². The Balaban J connectivity index is 1.74. The molecule has 0 spiro atoms. The Hall–Kier alpha value is -4.13. The molecule has 0 heterocycles. The predicted molar refractivity (Wildman–Crippen MR) is 169 cm³/mol. The maximum Gasteiger partial charge on any atom is 0.408 e. The summed E-state index contributed by atoms with van der Waals surface area (Å²) in [6, 6.07) is 23.6. The topological polar surface area (TPSA) is 79.0 Å². The van der Waals surface area contributed by atoms with Crippen LogP contribution < -0.4 is 5.32 Å². The van der Waals surface area contributed by atoms with E-state index >= 15 is 0 Å². The molecule has 1 atom stereocenters. The fraction of sp³-hybridized carbons (Fsp3) is 0.400. The molecule has 0 fully saturated rings. The lowest BCUT2D eigenvalue weighted by molar-refractivity contribution is -0.141. The summed E-state index contributed by atoms with van der Waals surface area (Å²) in [7, 11) is 3.46. The van der Waals surface area contributed by atoms with Gasteiger partial charge in [-0.05, 0) is 75.4 Å². The molecule has 42 heavy (non-hydrogen) atoms. The van der Waals surface area contributed by atoms with Crippen molar-refractivity contribution in [3.63, 3.8) is 0 Å². The van der Waals surface area contributed by atoms with Crippen molar-refractivity contribution in [3.8, 4) is 0 Å². The van der Waals surface area contributed by atoms with Gasteiger partial charge >= 0.3 is 6.09 Å². The quantitative estimate of drug-likeness (QED) is 0.280. The third kappa shape index (κ3) is 10.1. The first-order chi connectivity index (χ1) is 19.7. The molecule has 7 nitrogen and oxygen atoms in total. The number of ether oxygens (including phenoxy) is 1. The third-order valence-electron chi connectivity index (χ3n) is 7.03. The molecule has 0 unspecified atom stereocenters. The lowest BCUT2D eigenvalue weighted by atomic mass is 9.99. The van der Waals surface area contributed by atoms with Crippen molar-refractivity contribution in [2.24, 2.45) is 0 Å². The normalized spacial score (nSPS) is 12.6. The van der Waals surface area contributed by atoms with Crippen LogP contribution in [0.1, 0.15) is 52.2 Å². The molecule has 0 radical (unpaired) electrons. The Morgan fingerprint density at radius 3 is 2.17 bits per heavy atom. The number of alkyl carbamates (subject to hydrolysis) is 1. The molecule has 0 aromatic heterocycles. The maximum atomic E-state index is 13.8. The molecule has 3 rings (SSSR count). The van der Waals surface area contributed by atoms with Crippen LogP contribution in [0.3, 0.4) is 0 Å². The number of benzene rings is 3. The predicted octanol–water partition coefficient (Wildman–Crippen LogP) is 6.16. The second-order valence-electron chi connectivity index (χ2n) is 12.5. The number of amides is 3. The van der Waals surface area contributed by atoms with Gasteiger partial charge in [-0.2, -0.15) is 0 Å². The van der Waals surface area contributed by atoms with Gasteiger partial charge in [0, 0.05) is 32.6 Å². The number of likely N-dealkylation sites (N-methyl/N-ethyl adjacent to an activating group) is 2. The van der Waals surface area contributed by atoms with E-state index in [9.17, 15) is 14.4 Å². The van der Waals surface area contributed by atoms with Gasteiger partial charge in [-0.1, -0.05) is 78.9 Å². The molecule has 3 aromatic rings. The molecule has 3 amide bonds. The third-order valence-corrected chi connectivity index (χ3v) is 7.03. The zero-order chi connectivity index (χ0) is 30.9. The smallest absolute Gasteiger partial charge is 0.408 e. The highest BCUT2D eigenvalue weighted by Gasteiger charge is 2.29. The Morgan fingerprint density at radius 2 is 1.50 bits per heavy atom. The minimum Gasteiger partial charge on any atom is -0.444 e. The molecule has 1 N–H and O–H groups in total. The molecule has 0 saturated heterocycles. The summed E-state index contributed by atoms with van der Waals surface area (Å²) >= 11 is 0. The van der Waals surface area contributed by atoms with Gasteiger partial charge in [0.25, 0.3) is 0 Å². The lowest BCUT2D eigenvalue weighted by Crippen LogP contribution is -2.49. The SMILES string of the molecule is CN(CCc1ccccc1)C(=O)[C@@H](Cc1ccc2ccccc2c1)N(C)C(=O)C=CCC(C)(C)NC(=O)OC(C)(C)C. The molecular formula is C35H45N3O4. The van der Waals surface area contributed by atoms with Gasteiger partial charge in [0.15, 0.2) is 0 Å². The number of rotatable bonds is 11. The number of fused-ring (bicyclic) bond motifs is 1. The number of nitrogens with zero attached hydrogens (tertiary/aromatic N) is 2.